The van der Waals surface area contributed by atoms with Gasteiger partial charge in [-0.3, -0.25) is 4.79 Å². The van der Waals surface area contributed by atoms with E-state index in [9.17, 15) is 4.79 Å². The van der Waals surface area contributed by atoms with Crippen LogP contribution in [0.2, 0.25) is 0 Å². The van der Waals surface area contributed by atoms with Crippen LogP contribution in [0.3, 0.4) is 0 Å². The van der Waals surface area contributed by atoms with Crippen molar-refractivity contribution in [1.29, 1.82) is 0 Å². The lowest BCUT2D eigenvalue weighted by molar-refractivity contribution is -0.127. The van der Waals surface area contributed by atoms with Gasteiger partial charge in [0.15, 0.2) is 0 Å². The fourth-order valence-electron chi connectivity index (χ4n) is 2.96. The monoisotopic (exact) mass is 326 g/mol. The average Bonchev–Trinajstić information content (AvgIpc) is 2.54. The quantitative estimate of drug-likeness (QED) is 0.884. The second-order valence-electron chi connectivity index (χ2n) is 5.74. The summed E-state index contributed by atoms with van der Waals surface area (Å²) < 4.78 is 10.9. The van der Waals surface area contributed by atoms with Crippen LogP contribution >= 0.6 is 12.4 Å². The van der Waals surface area contributed by atoms with Crippen molar-refractivity contribution in [2.24, 2.45) is 5.92 Å². The molecule has 0 radical (unpaired) electrons. The average molecular weight is 327 g/mol. The SMILES string of the molecule is COc1ccc2c(c1)CC(C(=O)N[C@H]1CCCNC1)CO2.Cl. The molecule has 122 valence electrons. The number of rotatable bonds is 3. The zero-order valence-corrected chi connectivity index (χ0v) is 13.6. The first kappa shape index (κ1) is 16.9. The Kier molecular flexibility index (Phi) is 5.91. The summed E-state index contributed by atoms with van der Waals surface area (Å²) in [5.41, 5.74) is 1.04. The maximum Gasteiger partial charge on any atom is 0.227 e. The van der Waals surface area contributed by atoms with Crippen LogP contribution in [-0.2, 0) is 11.2 Å². The van der Waals surface area contributed by atoms with Crippen molar-refractivity contribution in [1.82, 2.24) is 10.6 Å². The van der Waals surface area contributed by atoms with Crippen molar-refractivity contribution < 1.29 is 14.3 Å². The summed E-state index contributed by atoms with van der Waals surface area (Å²) >= 11 is 0. The van der Waals surface area contributed by atoms with Crippen LogP contribution < -0.4 is 20.1 Å². The molecule has 5 nitrogen and oxygen atoms in total. The summed E-state index contributed by atoms with van der Waals surface area (Å²) in [5.74, 6) is 1.64. The lowest BCUT2D eigenvalue weighted by atomic mass is 9.95. The molecule has 2 N–H and O–H groups in total. The van der Waals surface area contributed by atoms with E-state index in [4.69, 9.17) is 9.47 Å². The van der Waals surface area contributed by atoms with Crippen LogP contribution in [0.4, 0.5) is 0 Å². The van der Waals surface area contributed by atoms with E-state index in [1.54, 1.807) is 7.11 Å². The Bertz CT molecular complexity index is 518. The molecule has 1 amide bonds. The van der Waals surface area contributed by atoms with Crippen molar-refractivity contribution in [2.75, 3.05) is 26.8 Å². The normalized spacial score (nSPS) is 23.5. The number of halogens is 1. The highest BCUT2D eigenvalue weighted by Gasteiger charge is 2.28. The first-order valence-corrected chi connectivity index (χ1v) is 7.57. The van der Waals surface area contributed by atoms with E-state index < -0.39 is 0 Å². The van der Waals surface area contributed by atoms with Gasteiger partial charge >= 0.3 is 0 Å². The van der Waals surface area contributed by atoms with Crippen LogP contribution in [0.5, 0.6) is 11.5 Å². The highest BCUT2D eigenvalue weighted by atomic mass is 35.5. The van der Waals surface area contributed by atoms with Crippen molar-refractivity contribution in [2.45, 2.75) is 25.3 Å². The number of nitrogens with one attached hydrogen (secondary N) is 2. The lowest BCUT2D eigenvalue weighted by Gasteiger charge is -2.29. The van der Waals surface area contributed by atoms with E-state index >= 15 is 0 Å². The molecule has 1 saturated heterocycles. The molecule has 1 aromatic carbocycles. The largest absolute Gasteiger partial charge is 0.497 e. The Hall–Kier alpha value is -1.46. The molecule has 2 atom stereocenters. The number of carbonyl (C=O) groups is 1. The first-order valence-electron chi connectivity index (χ1n) is 7.57. The van der Waals surface area contributed by atoms with Gasteiger partial charge in [0.2, 0.25) is 5.91 Å². The van der Waals surface area contributed by atoms with Gasteiger partial charge in [0, 0.05) is 12.6 Å². The number of carbonyl (C=O) groups excluding carboxylic acids is 1. The number of methoxy groups -OCH3 is 1. The summed E-state index contributed by atoms with van der Waals surface area (Å²) in [7, 11) is 1.64. The summed E-state index contributed by atoms with van der Waals surface area (Å²) in [4.78, 5) is 12.4. The van der Waals surface area contributed by atoms with Crippen molar-refractivity contribution >= 4 is 18.3 Å². The molecular formula is C16H23ClN2O3. The molecule has 3 rings (SSSR count). The second-order valence-corrected chi connectivity index (χ2v) is 5.74. The molecule has 2 heterocycles. The fourth-order valence-corrected chi connectivity index (χ4v) is 2.96. The Morgan fingerprint density at radius 3 is 3.05 bits per heavy atom. The van der Waals surface area contributed by atoms with Gasteiger partial charge in [-0.25, -0.2) is 0 Å². The molecule has 0 bridgehead atoms. The van der Waals surface area contributed by atoms with Gasteiger partial charge in [0.25, 0.3) is 0 Å². The predicted molar refractivity (Wildman–Crippen MR) is 87.0 cm³/mol. The van der Waals surface area contributed by atoms with Crippen molar-refractivity contribution in [3.05, 3.63) is 23.8 Å². The van der Waals surface area contributed by atoms with Crippen molar-refractivity contribution in [3.63, 3.8) is 0 Å². The Morgan fingerprint density at radius 1 is 1.45 bits per heavy atom. The Labute approximate surface area is 137 Å². The zero-order chi connectivity index (χ0) is 14.7. The minimum atomic E-state index is -0.119. The van der Waals surface area contributed by atoms with E-state index in [1.807, 2.05) is 18.2 Å². The van der Waals surface area contributed by atoms with E-state index in [0.29, 0.717) is 13.0 Å². The highest BCUT2D eigenvalue weighted by Crippen LogP contribution is 2.30. The van der Waals surface area contributed by atoms with Crippen LogP contribution in [0.25, 0.3) is 0 Å². The van der Waals surface area contributed by atoms with Gasteiger partial charge in [-0.15, -0.1) is 12.4 Å². The summed E-state index contributed by atoms with van der Waals surface area (Å²) in [5, 5.41) is 6.45. The Morgan fingerprint density at radius 2 is 2.32 bits per heavy atom. The van der Waals surface area contributed by atoms with E-state index in [-0.39, 0.29) is 30.3 Å². The van der Waals surface area contributed by atoms with Crippen molar-refractivity contribution in [3.8, 4) is 11.5 Å². The molecular weight excluding hydrogens is 304 g/mol. The number of piperidine rings is 1. The van der Waals surface area contributed by atoms with Gasteiger partial charge in [-0.05, 0) is 49.6 Å². The molecule has 22 heavy (non-hydrogen) atoms. The van der Waals surface area contributed by atoms with E-state index in [1.165, 1.54) is 0 Å². The van der Waals surface area contributed by atoms with Crippen LogP contribution in [0.15, 0.2) is 18.2 Å². The Balaban J connectivity index is 0.00000176. The van der Waals surface area contributed by atoms with Gasteiger partial charge in [-0.1, -0.05) is 0 Å². The summed E-state index contributed by atoms with van der Waals surface area (Å²) in [6, 6.07) is 6.00. The van der Waals surface area contributed by atoms with Crippen LogP contribution in [-0.4, -0.2) is 38.8 Å². The zero-order valence-electron chi connectivity index (χ0n) is 12.8. The molecule has 0 aromatic heterocycles. The summed E-state index contributed by atoms with van der Waals surface area (Å²) in [6.07, 6.45) is 2.88. The van der Waals surface area contributed by atoms with Gasteiger partial charge in [0.05, 0.1) is 13.0 Å². The van der Waals surface area contributed by atoms with E-state index in [0.717, 1.165) is 43.0 Å². The highest BCUT2D eigenvalue weighted by molar-refractivity contribution is 5.85. The third-order valence-electron chi connectivity index (χ3n) is 4.19. The molecule has 1 unspecified atom stereocenters. The molecule has 2 aliphatic heterocycles. The number of ether oxygens (including phenoxy) is 2. The van der Waals surface area contributed by atoms with Crippen LogP contribution in [0, 0.1) is 5.92 Å². The smallest absolute Gasteiger partial charge is 0.227 e. The molecule has 1 aromatic rings. The molecule has 0 saturated carbocycles. The first-order chi connectivity index (χ1) is 10.3. The maximum absolute atomic E-state index is 12.4. The maximum atomic E-state index is 12.4. The number of hydrogen-bond acceptors (Lipinski definition) is 4. The van der Waals surface area contributed by atoms with Gasteiger partial charge in [0.1, 0.15) is 18.1 Å². The molecule has 1 fully saturated rings. The number of amides is 1. The molecule has 0 spiro atoms. The number of hydrogen-bond donors (Lipinski definition) is 2. The lowest BCUT2D eigenvalue weighted by Crippen LogP contribution is -2.49. The predicted octanol–water partition coefficient (Wildman–Crippen LogP) is 1.54. The number of fused-ring (bicyclic) bond motifs is 1. The molecule has 0 aliphatic carbocycles. The topological polar surface area (TPSA) is 59.6 Å². The fraction of sp³-hybridized carbons (Fsp3) is 0.562. The third kappa shape index (κ3) is 3.84. The molecule has 6 heteroatoms. The minimum absolute atomic E-state index is 0. The standard InChI is InChI=1S/C16H22N2O3.ClH/c1-20-14-4-5-15-11(8-14)7-12(10-21-15)16(19)18-13-3-2-6-17-9-13;/h4-5,8,12-13,17H,2-3,6-7,9-10H2,1H3,(H,18,19);1H/t12?,13-;/m0./s1. The summed E-state index contributed by atoms with van der Waals surface area (Å²) in [6.45, 7) is 2.36. The number of benzene rings is 1. The minimum Gasteiger partial charge on any atom is -0.497 e. The van der Waals surface area contributed by atoms with Gasteiger partial charge in [-0.2, -0.15) is 0 Å². The molecule has 2 aliphatic rings. The van der Waals surface area contributed by atoms with Crippen LogP contribution in [0.1, 0.15) is 18.4 Å². The third-order valence-corrected chi connectivity index (χ3v) is 4.19. The van der Waals surface area contributed by atoms with E-state index in [2.05, 4.69) is 10.6 Å². The second kappa shape index (κ2) is 7.70. The van der Waals surface area contributed by atoms with Gasteiger partial charge < -0.3 is 20.1 Å².